The van der Waals surface area contributed by atoms with Gasteiger partial charge in [-0.3, -0.25) is 21.1 Å². The number of amidine groups is 1. The van der Waals surface area contributed by atoms with Gasteiger partial charge in [-0.25, -0.2) is 4.39 Å². The van der Waals surface area contributed by atoms with E-state index in [9.17, 15) is 4.39 Å². The first-order chi connectivity index (χ1) is 5.24. The van der Waals surface area contributed by atoms with Crippen LogP contribution in [0.15, 0.2) is 18.5 Å². The molecule has 0 aromatic carbocycles. The van der Waals surface area contributed by atoms with Crippen LogP contribution in [0.5, 0.6) is 0 Å². The van der Waals surface area contributed by atoms with Gasteiger partial charge in [0, 0.05) is 11.8 Å². The van der Waals surface area contributed by atoms with E-state index in [2.05, 4.69) is 4.98 Å². The number of aromatic nitrogens is 1. The lowest BCUT2D eigenvalue weighted by molar-refractivity contribution is 0.234. The van der Waals surface area contributed by atoms with Crippen LogP contribution in [0, 0.1) is 11.2 Å². The van der Waals surface area contributed by atoms with Crippen molar-refractivity contribution >= 4 is 5.84 Å². The molecule has 1 aromatic heterocycles. The molecular formula is C6H6FN3O. The first-order valence-corrected chi connectivity index (χ1v) is 2.83. The van der Waals surface area contributed by atoms with Crippen molar-refractivity contribution in [1.29, 1.82) is 5.41 Å². The first kappa shape index (κ1) is 7.62. The van der Waals surface area contributed by atoms with Gasteiger partial charge in [0.05, 0.1) is 6.20 Å². The van der Waals surface area contributed by atoms with E-state index in [0.29, 0.717) is 0 Å². The quantitative estimate of drug-likeness (QED) is 0.314. The van der Waals surface area contributed by atoms with Crippen LogP contribution in [0.3, 0.4) is 0 Å². The van der Waals surface area contributed by atoms with Crippen molar-refractivity contribution in [3.63, 3.8) is 0 Å². The fourth-order valence-electron chi connectivity index (χ4n) is 0.613. The summed E-state index contributed by atoms with van der Waals surface area (Å²) >= 11 is 0. The molecule has 0 fully saturated rings. The van der Waals surface area contributed by atoms with E-state index in [-0.39, 0.29) is 11.4 Å². The predicted octanol–water partition coefficient (Wildman–Crippen LogP) is 0.525. The topological polar surface area (TPSA) is 69.0 Å². The molecule has 11 heavy (non-hydrogen) atoms. The van der Waals surface area contributed by atoms with Gasteiger partial charge in [-0.15, -0.1) is 0 Å². The number of hydrogen-bond acceptors (Lipinski definition) is 3. The first-order valence-electron chi connectivity index (χ1n) is 2.83. The van der Waals surface area contributed by atoms with E-state index in [1.165, 1.54) is 6.20 Å². The molecule has 0 radical (unpaired) electrons. The lowest BCUT2D eigenvalue weighted by Gasteiger charge is -1.99. The molecule has 1 aromatic rings. The van der Waals surface area contributed by atoms with Crippen LogP contribution in [0.1, 0.15) is 5.56 Å². The highest BCUT2D eigenvalue weighted by molar-refractivity contribution is 5.95. The molecule has 0 saturated heterocycles. The zero-order chi connectivity index (χ0) is 8.27. The second kappa shape index (κ2) is 3.07. The molecule has 1 heterocycles. The third-order valence-corrected chi connectivity index (χ3v) is 1.11. The maximum absolute atomic E-state index is 12.4. The Morgan fingerprint density at radius 2 is 2.36 bits per heavy atom. The van der Waals surface area contributed by atoms with E-state index in [0.717, 1.165) is 12.3 Å². The Morgan fingerprint density at radius 3 is 2.91 bits per heavy atom. The second-order valence-corrected chi connectivity index (χ2v) is 1.88. The summed E-state index contributed by atoms with van der Waals surface area (Å²) < 4.78 is 12.4. The molecular weight excluding hydrogens is 149 g/mol. The van der Waals surface area contributed by atoms with Crippen LogP contribution in [-0.2, 0) is 0 Å². The largest absolute Gasteiger partial charge is 0.290 e. The van der Waals surface area contributed by atoms with Gasteiger partial charge in [0.25, 0.3) is 0 Å². The highest BCUT2D eigenvalue weighted by Gasteiger charge is 2.00. The van der Waals surface area contributed by atoms with Gasteiger partial charge < -0.3 is 0 Å². The number of rotatable bonds is 1. The van der Waals surface area contributed by atoms with Crippen LogP contribution in [-0.4, -0.2) is 16.0 Å². The normalized spacial score (nSPS) is 9.27. The minimum absolute atomic E-state index is 0.201. The van der Waals surface area contributed by atoms with Gasteiger partial charge in [0.2, 0.25) is 0 Å². The Labute approximate surface area is 62.2 Å². The van der Waals surface area contributed by atoms with Gasteiger partial charge in [-0.2, -0.15) is 0 Å². The number of halogens is 1. The van der Waals surface area contributed by atoms with Crippen LogP contribution in [0.2, 0.25) is 0 Å². The summed E-state index contributed by atoms with van der Waals surface area (Å²) in [6, 6.07) is 1.10. The molecule has 0 atom stereocenters. The fraction of sp³-hybridized carbons (Fsp3) is 0. The van der Waals surface area contributed by atoms with Crippen molar-refractivity contribution in [2.45, 2.75) is 0 Å². The summed E-state index contributed by atoms with van der Waals surface area (Å²) in [6.45, 7) is 0. The number of hydroxylamine groups is 1. The standard InChI is InChI=1S/C6H6FN3O/c7-5-1-4(2-9-3-5)6(8)10-11/h1-3,11H,(H2,8,10). The van der Waals surface area contributed by atoms with Crippen LogP contribution in [0.25, 0.3) is 0 Å². The highest BCUT2D eigenvalue weighted by atomic mass is 19.1. The Hall–Kier alpha value is -1.49. The monoisotopic (exact) mass is 155 g/mol. The van der Waals surface area contributed by atoms with E-state index >= 15 is 0 Å². The summed E-state index contributed by atoms with van der Waals surface area (Å²) in [7, 11) is 0. The average molecular weight is 155 g/mol. The van der Waals surface area contributed by atoms with Crippen LogP contribution in [0.4, 0.5) is 4.39 Å². The minimum atomic E-state index is -0.539. The van der Waals surface area contributed by atoms with E-state index in [1.54, 1.807) is 5.48 Å². The van der Waals surface area contributed by atoms with E-state index < -0.39 is 5.82 Å². The van der Waals surface area contributed by atoms with Crippen molar-refractivity contribution in [2.75, 3.05) is 0 Å². The van der Waals surface area contributed by atoms with Crippen molar-refractivity contribution in [2.24, 2.45) is 0 Å². The molecule has 0 aliphatic carbocycles. The summed E-state index contributed by atoms with van der Waals surface area (Å²) in [5.74, 6) is -0.820. The van der Waals surface area contributed by atoms with Crippen molar-refractivity contribution < 1.29 is 9.60 Å². The molecule has 5 heteroatoms. The number of pyridine rings is 1. The number of hydrogen-bond donors (Lipinski definition) is 3. The number of nitrogens with zero attached hydrogens (tertiary/aromatic N) is 1. The molecule has 1 rings (SSSR count). The molecule has 3 N–H and O–H groups in total. The minimum Gasteiger partial charge on any atom is -0.290 e. The molecule has 0 saturated carbocycles. The smallest absolute Gasteiger partial charge is 0.151 e. The molecule has 0 aliphatic heterocycles. The van der Waals surface area contributed by atoms with E-state index in [4.69, 9.17) is 10.6 Å². The Kier molecular flexibility index (Phi) is 2.12. The average Bonchev–Trinajstić information content (AvgIpc) is 2.03. The van der Waals surface area contributed by atoms with Gasteiger partial charge in [-0.1, -0.05) is 0 Å². The summed E-state index contributed by atoms with van der Waals surface area (Å²) in [4.78, 5) is 3.49. The molecule has 58 valence electrons. The third kappa shape index (κ3) is 1.71. The number of nitrogens with one attached hydrogen (secondary N) is 2. The van der Waals surface area contributed by atoms with Crippen molar-refractivity contribution in [3.05, 3.63) is 29.8 Å². The van der Waals surface area contributed by atoms with Crippen molar-refractivity contribution in [1.82, 2.24) is 10.5 Å². The molecule has 0 spiro atoms. The second-order valence-electron chi connectivity index (χ2n) is 1.88. The molecule has 0 aliphatic rings. The lowest BCUT2D eigenvalue weighted by atomic mass is 10.3. The highest BCUT2D eigenvalue weighted by Crippen LogP contribution is 1.99. The van der Waals surface area contributed by atoms with E-state index in [1.807, 2.05) is 0 Å². The maximum atomic E-state index is 12.4. The maximum Gasteiger partial charge on any atom is 0.151 e. The van der Waals surface area contributed by atoms with Gasteiger partial charge in [0.1, 0.15) is 5.82 Å². The van der Waals surface area contributed by atoms with Crippen LogP contribution >= 0.6 is 0 Å². The summed E-state index contributed by atoms with van der Waals surface area (Å²) in [6.07, 6.45) is 2.29. The van der Waals surface area contributed by atoms with Crippen LogP contribution < -0.4 is 5.48 Å². The molecule has 0 amide bonds. The molecule has 0 unspecified atom stereocenters. The lowest BCUT2D eigenvalue weighted by Crippen LogP contribution is -2.18. The zero-order valence-electron chi connectivity index (χ0n) is 5.50. The fourth-order valence-corrected chi connectivity index (χ4v) is 0.613. The summed E-state index contributed by atoms with van der Waals surface area (Å²) in [5, 5.41) is 15.3. The van der Waals surface area contributed by atoms with Gasteiger partial charge in [-0.05, 0) is 6.07 Å². The SMILES string of the molecule is N=C(NO)c1cncc(F)c1. The Morgan fingerprint density at radius 1 is 1.64 bits per heavy atom. The van der Waals surface area contributed by atoms with Crippen molar-refractivity contribution in [3.8, 4) is 0 Å². The van der Waals surface area contributed by atoms with Gasteiger partial charge in [0.15, 0.2) is 5.84 Å². The third-order valence-electron chi connectivity index (χ3n) is 1.11. The summed E-state index contributed by atoms with van der Waals surface area (Å²) in [5.41, 5.74) is 1.79. The Bertz CT molecular complexity index is 276. The van der Waals surface area contributed by atoms with Gasteiger partial charge >= 0.3 is 0 Å². The zero-order valence-corrected chi connectivity index (χ0v) is 5.50. The molecule has 0 bridgehead atoms. The molecule has 4 nitrogen and oxygen atoms in total. The Balaban J connectivity index is 2.96. The predicted molar refractivity (Wildman–Crippen MR) is 35.9 cm³/mol.